The summed E-state index contributed by atoms with van der Waals surface area (Å²) >= 11 is 0. The van der Waals surface area contributed by atoms with Gasteiger partial charge >= 0.3 is 5.97 Å². The lowest BCUT2D eigenvalue weighted by Crippen LogP contribution is -2.00. The van der Waals surface area contributed by atoms with Gasteiger partial charge in [-0.15, -0.1) is 0 Å². The largest absolute Gasteiger partial charge is 0.475 e. The second kappa shape index (κ2) is 3.84. The van der Waals surface area contributed by atoms with Gasteiger partial charge in [-0.25, -0.2) is 9.78 Å². The SMILES string of the molecule is COCc1nc(C2C3CCCC32)oc1C(=O)O. The molecular weight excluding hydrogens is 222 g/mol. The van der Waals surface area contributed by atoms with Gasteiger partial charge in [-0.2, -0.15) is 0 Å². The van der Waals surface area contributed by atoms with Crippen molar-refractivity contribution in [3.63, 3.8) is 0 Å². The fraction of sp³-hybridized carbons (Fsp3) is 0.667. The van der Waals surface area contributed by atoms with Gasteiger partial charge in [-0.3, -0.25) is 0 Å². The number of carboxylic acid groups (broad SMARTS) is 1. The molecule has 2 saturated carbocycles. The lowest BCUT2D eigenvalue weighted by molar-refractivity contribution is 0.0653. The lowest BCUT2D eigenvalue weighted by atomic mass is 10.1. The van der Waals surface area contributed by atoms with Crippen molar-refractivity contribution in [2.45, 2.75) is 31.8 Å². The quantitative estimate of drug-likeness (QED) is 0.867. The van der Waals surface area contributed by atoms with Crippen LogP contribution in [0, 0.1) is 11.8 Å². The molecule has 2 unspecified atom stereocenters. The number of aromatic nitrogens is 1. The first-order chi connectivity index (χ1) is 8.22. The Bertz CT molecular complexity index is 443. The number of oxazole rings is 1. The van der Waals surface area contributed by atoms with Crippen LogP contribution in [0.25, 0.3) is 0 Å². The lowest BCUT2D eigenvalue weighted by Gasteiger charge is -1.96. The van der Waals surface area contributed by atoms with Gasteiger partial charge in [0, 0.05) is 13.0 Å². The highest BCUT2D eigenvalue weighted by atomic mass is 16.5. The maximum absolute atomic E-state index is 11.0. The van der Waals surface area contributed by atoms with Crippen molar-refractivity contribution in [1.82, 2.24) is 4.98 Å². The predicted octanol–water partition coefficient (Wildman–Crippen LogP) is 2.03. The van der Waals surface area contributed by atoms with Gasteiger partial charge in [0.05, 0.1) is 6.61 Å². The molecule has 2 fully saturated rings. The van der Waals surface area contributed by atoms with E-state index in [-0.39, 0.29) is 12.4 Å². The molecule has 2 aliphatic rings. The van der Waals surface area contributed by atoms with Crippen LogP contribution in [-0.4, -0.2) is 23.2 Å². The Morgan fingerprint density at radius 2 is 2.24 bits per heavy atom. The molecule has 0 aromatic carbocycles. The minimum absolute atomic E-state index is 0.0631. The van der Waals surface area contributed by atoms with Crippen LogP contribution in [0.4, 0.5) is 0 Å². The molecule has 3 rings (SSSR count). The molecule has 5 heteroatoms. The van der Waals surface area contributed by atoms with Crippen LogP contribution in [0.5, 0.6) is 0 Å². The molecular formula is C12H15NO4. The number of rotatable bonds is 4. The molecule has 2 aliphatic carbocycles. The Labute approximate surface area is 98.8 Å². The molecule has 1 aromatic heterocycles. The molecule has 1 heterocycles. The molecule has 0 radical (unpaired) electrons. The normalized spacial score (nSPS) is 30.3. The van der Waals surface area contributed by atoms with Gasteiger partial charge < -0.3 is 14.3 Å². The summed E-state index contributed by atoms with van der Waals surface area (Å²) in [7, 11) is 1.52. The number of nitrogens with zero attached hydrogens (tertiary/aromatic N) is 1. The summed E-state index contributed by atoms with van der Waals surface area (Å²) < 4.78 is 10.3. The maximum Gasteiger partial charge on any atom is 0.373 e. The molecule has 0 bridgehead atoms. The molecule has 0 spiro atoms. The zero-order chi connectivity index (χ0) is 12.0. The summed E-state index contributed by atoms with van der Waals surface area (Å²) in [5.41, 5.74) is 0.403. The third-order valence-corrected chi connectivity index (χ3v) is 3.88. The van der Waals surface area contributed by atoms with E-state index < -0.39 is 5.97 Å². The van der Waals surface area contributed by atoms with E-state index in [1.54, 1.807) is 0 Å². The maximum atomic E-state index is 11.0. The van der Waals surface area contributed by atoms with E-state index in [1.807, 2.05) is 0 Å². The molecule has 1 aromatic rings. The van der Waals surface area contributed by atoms with Crippen molar-refractivity contribution in [2.75, 3.05) is 7.11 Å². The Hall–Kier alpha value is -1.36. The van der Waals surface area contributed by atoms with Crippen LogP contribution in [0.2, 0.25) is 0 Å². The second-order valence-corrected chi connectivity index (χ2v) is 4.85. The number of methoxy groups -OCH3 is 1. The van der Waals surface area contributed by atoms with Crippen molar-refractivity contribution in [3.05, 3.63) is 17.3 Å². The number of carbonyl (C=O) groups is 1. The van der Waals surface area contributed by atoms with E-state index in [0.717, 1.165) is 0 Å². The highest BCUT2D eigenvalue weighted by Crippen LogP contribution is 2.62. The van der Waals surface area contributed by atoms with E-state index in [2.05, 4.69) is 4.98 Å². The summed E-state index contributed by atoms with van der Waals surface area (Å²) in [4.78, 5) is 15.3. The first-order valence-electron chi connectivity index (χ1n) is 5.94. The molecule has 2 atom stereocenters. The van der Waals surface area contributed by atoms with Crippen molar-refractivity contribution in [1.29, 1.82) is 0 Å². The fourth-order valence-corrected chi connectivity index (χ4v) is 3.10. The van der Waals surface area contributed by atoms with Crippen molar-refractivity contribution in [2.24, 2.45) is 11.8 Å². The van der Waals surface area contributed by atoms with Gasteiger partial charge in [0.25, 0.3) is 0 Å². The molecule has 0 aliphatic heterocycles. The molecule has 0 amide bonds. The van der Waals surface area contributed by atoms with Gasteiger partial charge in [0.1, 0.15) is 5.69 Å². The fourth-order valence-electron chi connectivity index (χ4n) is 3.10. The Balaban J connectivity index is 1.86. The topological polar surface area (TPSA) is 72.6 Å². The zero-order valence-corrected chi connectivity index (χ0v) is 9.68. The first kappa shape index (κ1) is 10.8. The summed E-state index contributed by atoms with van der Waals surface area (Å²) in [6, 6.07) is 0. The molecule has 0 saturated heterocycles. The second-order valence-electron chi connectivity index (χ2n) is 4.85. The summed E-state index contributed by atoms with van der Waals surface area (Å²) in [6.07, 6.45) is 3.72. The number of aromatic carboxylic acids is 1. The Kier molecular flexibility index (Phi) is 2.43. The van der Waals surface area contributed by atoms with E-state index in [9.17, 15) is 4.79 Å². The number of hydrogen-bond acceptors (Lipinski definition) is 4. The molecule has 92 valence electrons. The van der Waals surface area contributed by atoms with Crippen LogP contribution in [0.3, 0.4) is 0 Å². The molecule has 17 heavy (non-hydrogen) atoms. The van der Waals surface area contributed by atoms with Crippen molar-refractivity contribution in [3.8, 4) is 0 Å². The van der Waals surface area contributed by atoms with Crippen molar-refractivity contribution < 1.29 is 19.1 Å². The number of carboxylic acids is 1. The predicted molar refractivity (Wildman–Crippen MR) is 57.7 cm³/mol. The van der Waals surface area contributed by atoms with Crippen LogP contribution < -0.4 is 0 Å². The first-order valence-corrected chi connectivity index (χ1v) is 5.94. The third kappa shape index (κ3) is 1.65. The molecule has 5 nitrogen and oxygen atoms in total. The highest BCUT2D eigenvalue weighted by Gasteiger charge is 2.56. The van der Waals surface area contributed by atoms with Crippen molar-refractivity contribution >= 4 is 5.97 Å². The summed E-state index contributed by atoms with van der Waals surface area (Å²) in [5, 5.41) is 9.02. The standard InChI is InChI=1S/C12H15NO4/c1-16-5-8-10(12(14)15)17-11(13-8)9-6-3-2-4-7(6)9/h6-7,9H,2-5H2,1H3,(H,14,15). The average Bonchev–Trinajstić information content (AvgIpc) is 2.70. The summed E-state index contributed by atoms with van der Waals surface area (Å²) in [6.45, 7) is 0.188. The van der Waals surface area contributed by atoms with Gasteiger partial charge in [-0.05, 0) is 24.7 Å². The highest BCUT2D eigenvalue weighted by molar-refractivity contribution is 5.85. The minimum Gasteiger partial charge on any atom is -0.475 e. The van der Waals surface area contributed by atoms with Gasteiger partial charge in [0.2, 0.25) is 5.76 Å². The zero-order valence-electron chi connectivity index (χ0n) is 9.68. The van der Waals surface area contributed by atoms with E-state index in [0.29, 0.717) is 29.3 Å². The van der Waals surface area contributed by atoms with Crippen LogP contribution >= 0.6 is 0 Å². The number of fused-ring (bicyclic) bond motifs is 1. The average molecular weight is 237 g/mol. The monoisotopic (exact) mass is 237 g/mol. The summed E-state index contributed by atoms with van der Waals surface area (Å²) in [5.74, 6) is 1.17. The van der Waals surface area contributed by atoms with Crippen LogP contribution in [0.1, 0.15) is 47.3 Å². The van der Waals surface area contributed by atoms with E-state index in [4.69, 9.17) is 14.3 Å². The third-order valence-electron chi connectivity index (χ3n) is 3.88. The van der Waals surface area contributed by atoms with E-state index in [1.165, 1.54) is 26.4 Å². The molecule has 1 N–H and O–H groups in total. The van der Waals surface area contributed by atoms with Gasteiger partial charge in [0.15, 0.2) is 5.89 Å². The number of ether oxygens (including phenoxy) is 1. The Morgan fingerprint density at radius 3 is 2.82 bits per heavy atom. The Morgan fingerprint density at radius 1 is 1.53 bits per heavy atom. The number of hydrogen-bond donors (Lipinski definition) is 1. The smallest absolute Gasteiger partial charge is 0.373 e. The van der Waals surface area contributed by atoms with E-state index >= 15 is 0 Å². The minimum atomic E-state index is -1.07. The van der Waals surface area contributed by atoms with Crippen LogP contribution in [-0.2, 0) is 11.3 Å². The van der Waals surface area contributed by atoms with Gasteiger partial charge in [-0.1, -0.05) is 6.42 Å². The van der Waals surface area contributed by atoms with Crippen LogP contribution in [0.15, 0.2) is 4.42 Å².